The summed E-state index contributed by atoms with van der Waals surface area (Å²) in [7, 11) is 0. The van der Waals surface area contributed by atoms with Gasteiger partial charge in [-0.15, -0.1) is 0 Å². The average Bonchev–Trinajstić information content (AvgIpc) is 1.97. The molecule has 1 aliphatic heterocycles. The zero-order valence-electron chi connectivity index (χ0n) is 8.25. The molecule has 1 fully saturated rings. The average molecular weight is 250 g/mol. The number of halogens is 1. The van der Waals surface area contributed by atoms with Crippen LogP contribution in [0, 0.1) is 5.92 Å². The lowest BCUT2D eigenvalue weighted by atomic mass is 9.95. The maximum atomic E-state index is 11.6. The summed E-state index contributed by atoms with van der Waals surface area (Å²) in [5, 5.41) is 9.44. The van der Waals surface area contributed by atoms with Crippen LogP contribution >= 0.6 is 15.9 Å². The highest BCUT2D eigenvalue weighted by Gasteiger charge is 2.41. The molecule has 13 heavy (non-hydrogen) atoms. The highest BCUT2D eigenvalue weighted by molar-refractivity contribution is 9.10. The summed E-state index contributed by atoms with van der Waals surface area (Å²) in [4.78, 5) is 13.2. The van der Waals surface area contributed by atoms with E-state index in [1.54, 1.807) is 11.8 Å². The first-order valence-corrected chi connectivity index (χ1v) is 5.40. The van der Waals surface area contributed by atoms with Crippen molar-refractivity contribution in [1.82, 2.24) is 4.90 Å². The molecular formula is C9H16BrNO2. The Labute approximate surface area is 87.2 Å². The fourth-order valence-corrected chi connectivity index (χ4v) is 1.68. The second-order valence-electron chi connectivity index (χ2n) is 4.34. The monoisotopic (exact) mass is 249 g/mol. The molecule has 1 heterocycles. The molecule has 1 amide bonds. The molecule has 0 bridgehead atoms. The van der Waals surface area contributed by atoms with Crippen molar-refractivity contribution in [3.8, 4) is 0 Å². The minimum absolute atomic E-state index is 0.0847. The van der Waals surface area contributed by atoms with Crippen LogP contribution in [0.3, 0.4) is 0 Å². The Hall–Kier alpha value is -0.0900. The summed E-state index contributed by atoms with van der Waals surface area (Å²) in [5.41, 5.74) is -0.667. The van der Waals surface area contributed by atoms with Gasteiger partial charge in [-0.05, 0) is 12.8 Å². The summed E-state index contributed by atoms with van der Waals surface area (Å²) in [6, 6.07) is 0. The van der Waals surface area contributed by atoms with Gasteiger partial charge in [0.25, 0.3) is 0 Å². The summed E-state index contributed by atoms with van der Waals surface area (Å²) < 4.78 is 0. The van der Waals surface area contributed by atoms with E-state index in [0.717, 1.165) is 0 Å². The molecule has 0 aliphatic carbocycles. The van der Waals surface area contributed by atoms with Crippen LogP contribution in [0.5, 0.6) is 0 Å². The molecule has 1 N–H and O–H groups in total. The fraction of sp³-hybridized carbons (Fsp3) is 0.889. The number of amides is 1. The van der Waals surface area contributed by atoms with Crippen LogP contribution in [-0.4, -0.2) is 39.4 Å². The number of carbonyl (C=O) groups excluding carboxylic acids is 1. The van der Waals surface area contributed by atoms with Crippen LogP contribution < -0.4 is 0 Å². The van der Waals surface area contributed by atoms with Gasteiger partial charge >= 0.3 is 0 Å². The van der Waals surface area contributed by atoms with E-state index in [-0.39, 0.29) is 16.7 Å². The van der Waals surface area contributed by atoms with Crippen molar-refractivity contribution < 1.29 is 9.90 Å². The lowest BCUT2D eigenvalue weighted by Crippen LogP contribution is -2.63. The van der Waals surface area contributed by atoms with Gasteiger partial charge < -0.3 is 10.0 Å². The summed E-state index contributed by atoms with van der Waals surface area (Å²) >= 11 is 3.35. The van der Waals surface area contributed by atoms with Crippen molar-refractivity contribution >= 4 is 21.8 Å². The number of likely N-dealkylation sites (tertiary alicyclic amines) is 1. The number of alkyl halides is 1. The van der Waals surface area contributed by atoms with Crippen LogP contribution in [0.15, 0.2) is 0 Å². The van der Waals surface area contributed by atoms with E-state index in [9.17, 15) is 9.90 Å². The molecule has 1 aliphatic rings. The number of hydrogen-bond acceptors (Lipinski definition) is 2. The molecule has 0 radical (unpaired) electrons. The predicted molar refractivity (Wildman–Crippen MR) is 54.8 cm³/mol. The Morgan fingerprint density at radius 3 is 2.31 bits per heavy atom. The van der Waals surface area contributed by atoms with Crippen molar-refractivity contribution in [2.45, 2.75) is 31.2 Å². The summed E-state index contributed by atoms with van der Waals surface area (Å²) in [6.45, 7) is 6.65. The van der Waals surface area contributed by atoms with E-state index in [2.05, 4.69) is 15.9 Å². The van der Waals surface area contributed by atoms with E-state index in [0.29, 0.717) is 13.1 Å². The topological polar surface area (TPSA) is 40.5 Å². The lowest BCUT2D eigenvalue weighted by Gasteiger charge is -2.45. The molecule has 1 unspecified atom stereocenters. The first kappa shape index (κ1) is 11.0. The fourth-order valence-electron chi connectivity index (χ4n) is 1.39. The van der Waals surface area contributed by atoms with Gasteiger partial charge in [0, 0.05) is 0 Å². The number of aliphatic hydroxyl groups is 1. The Morgan fingerprint density at radius 2 is 2.00 bits per heavy atom. The molecule has 4 heteroatoms. The highest BCUT2D eigenvalue weighted by atomic mass is 79.9. The van der Waals surface area contributed by atoms with E-state index in [1.807, 2.05) is 13.8 Å². The van der Waals surface area contributed by atoms with Gasteiger partial charge in [0.2, 0.25) is 5.91 Å². The second kappa shape index (κ2) is 3.58. The minimum atomic E-state index is -0.667. The largest absolute Gasteiger partial charge is 0.386 e. The molecule has 0 aromatic rings. The molecule has 0 aromatic carbocycles. The van der Waals surface area contributed by atoms with Gasteiger partial charge in [-0.1, -0.05) is 29.8 Å². The number of rotatable bonds is 2. The molecule has 0 aromatic heterocycles. The normalized spacial score (nSPS) is 22.8. The van der Waals surface area contributed by atoms with Crippen molar-refractivity contribution in [1.29, 1.82) is 0 Å². The van der Waals surface area contributed by atoms with Crippen molar-refractivity contribution in [2.24, 2.45) is 5.92 Å². The Bertz CT molecular complexity index is 208. The van der Waals surface area contributed by atoms with Crippen LogP contribution in [0.1, 0.15) is 20.8 Å². The van der Waals surface area contributed by atoms with E-state index in [1.165, 1.54) is 0 Å². The van der Waals surface area contributed by atoms with Gasteiger partial charge in [0.05, 0.1) is 23.5 Å². The van der Waals surface area contributed by atoms with E-state index in [4.69, 9.17) is 0 Å². The third kappa shape index (κ3) is 2.44. The standard InChI is InChI=1S/C9H16BrNO2/c1-6(2)7(10)8(12)11-4-9(3,13)5-11/h6-7,13H,4-5H2,1-3H3. The number of hydrogen-bond donors (Lipinski definition) is 1. The third-order valence-corrected chi connectivity index (χ3v) is 3.64. The Morgan fingerprint density at radius 1 is 1.54 bits per heavy atom. The first-order chi connectivity index (χ1) is 5.83. The van der Waals surface area contributed by atoms with Gasteiger partial charge in [-0.2, -0.15) is 0 Å². The van der Waals surface area contributed by atoms with Crippen molar-refractivity contribution in [3.63, 3.8) is 0 Å². The maximum absolute atomic E-state index is 11.6. The predicted octanol–water partition coefficient (Wildman–Crippen LogP) is 0.999. The molecule has 1 rings (SSSR count). The first-order valence-electron chi connectivity index (χ1n) is 4.49. The highest BCUT2D eigenvalue weighted by Crippen LogP contribution is 2.24. The Balaban J connectivity index is 2.43. The third-order valence-electron chi connectivity index (χ3n) is 2.20. The Kier molecular flexibility index (Phi) is 3.02. The van der Waals surface area contributed by atoms with E-state index < -0.39 is 5.60 Å². The van der Waals surface area contributed by atoms with Gasteiger partial charge in [0.1, 0.15) is 0 Å². The van der Waals surface area contributed by atoms with Crippen LogP contribution in [0.4, 0.5) is 0 Å². The van der Waals surface area contributed by atoms with E-state index >= 15 is 0 Å². The summed E-state index contributed by atoms with van der Waals surface area (Å²) in [5.74, 6) is 0.375. The second-order valence-corrected chi connectivity index (χ2v) is 5.32. The SMILES string of the molecule is CC(C)C(Br)C(=O)N1CC(C)(O)C1. The van der Waals surface area contributed by atoms with Crippen LogP contribution in [0.25, 0.3) is 0 Å². The van der Waals surface area contributed by atoms with Gasteiger partial charge in [-0.25, -0.2) is 0 Å². The molecular weight excluding hydrogens is 234 g/mol. The zero-order valence-corrected chi connectivity index (χ0v) is 9.84. The van der Waals surface area contributed by atoms with Crippen LogP contribution in [-0.2, 0) is 4.79 Å². The van der Waals surface area contributed by atoms with Crippen molar-refractivity contribution in [3.05, 3.63) is 0 Å². The number of nitrogens with zero attached hydrogens (tertiary/aromatic N) is 1. The lowest BCUT2D eigenvalue weighted by molar-refractivity contribution is -0.152. The zero-order chi connectivity index (χ0) is 10.2. The molecule has 0 spiro atoms. The van der Waals surface area contributed by atoms with Crippen LogP contribution in [0.2, 0.25) is 0 Å². The minimum Gasteiger partial charge on any atom is -0.386 e. The molecule has 1 atom stereocenters. The quantitative estimate of drug-likeness (QED) is 0.743. The number of β-amino-alcohol motifs (C(OH)–C–C–N with tert-alkyl or cyclic N) is 1. The van der Waals surface area contributed by atoms with Gasteiger partial charge in [0.15, 0.2) is 0 Å². The molecule has 0 saturated carbocycles. The molecule has 1 saturated heterocycles. The van der Waals surface area contributed by atoms with Crippen molar-refractivity contribution in [2.75, 3.05) is 13.1 Å². The number of carbonyl (C=O) groups is 1. The van der Waals surface area contributed by atoms with Gasteiger partial charge in [-0.3, -0.25) is 4.79 Å². The molecule has 76 valence electrons. The smallest absolute Gasteiger partial charge is 0.236 e. The maximum Gasteiger partial charge on any atom is 0.236 e. The summed E-state index contributed by atoms with van der Waals surface area (Å²) in [6.07, 6.45) is 0. The molecule has 3 nitrogen and oxygen atoms in total.